The van der Waals surface area contributed by atoms with E-state index in [2.05, 4.69) is 14.9 Å². The van der Waals surface area contributed by atoms with Gasteiger partial charge in [0, 0.05) is 6.54 Å². The fourth-order valence-corrected chi connectivity index (χ4v) is 2.59. The molecule has 1 aromatic heterocycles. The third-order valence-electron chi connectivity index (χ3n) is 2.64. The van der Waals surface area contributed by atoms with Crippen LogP contribution < -0.4 is 10.5 Å². The largest absolute Gasteiger partial charge is 0.383 e. The quantitative estimate of drug-likeness (QED) is 0.761. The molecule has 0 bridgehead atoms. The van der Waals surface area contributed by atoms with Gasteiger partial charge in [0.2, 0.25) is 10.0 Å². The summed E-state index contributed by atoms with van der Waals surface area (Å²) in [5, 5.41) is 5.98. The number of aromatic amines is 1. The number of anilines is 1. The van der Waals surface area contributed by atoms with E-state index in [-0.39, 0.29) is 17.3 Å². The zero-order valence-electron chi connectivity index (χ0n) is 9.84. The summed E-state index contributed by atoms with van der Waals surface area (Å²) in [6.45, 7) is 2.15. The molecule has 0 fully saturated rings. The standard InChI is InChI=1S/C11H14N4O2S/c1-8-4-2-3-5-9(8)6-14-18(16,17)10-7-13-15-11(10)12/h2-5,7,14H,6H2,1H3,(H3,12,13,15). The van der Waals surface area contributed by atoms with Crippen molar-refractivity contribution in [3.05, 3.63) is 41.6 Å². The maximum atomic E-state index is 11.9. The molecule has 96 valence electrons. The zero-order chi connectivity index (χ0) is 13.2. The predicted octanol–water partition coefficient (Wildman–Crippen LogP) is 0.779. The van der Waals surface area contributed by atoms with Gasteiger partial charge in [0.15, 0.2) is 0 Å². The fourth-order valence-electron chi connectivity index (χ4n) is 1.56. The zero-order valence-corrected chi connectivity index (χ0v) is 10.7. The first-order valence-electron chi connectivity index (χ1n) is 5.34. The van der Waals surface area contributed by atoms with E-state index in [4.69, 9.17) is 5.73 Å². The molecule has 0 saturated carbocycles. The van der Waals surface area contributed by atoms with Gasteiger partial charge in [-0.1, -0.05) is 24.3 Å². The SMILES string of the molecule is Cc1ccccc1CNS(=O)(=O)c1cn[nH]c1N. The Morgan fingerprint density at radius 3 is 2.72 bits per heavy atom. The van der Waals surface area contributed by atoms with Gasteiger partial charge in [-0.25, -0.2) is 13.1 Å². The van der Waals surface area contributed by atoms with Gasteiger partial charge in [0.05, 0.1) is 6.20 Å². The summed E-state index contributed by atoms with van der Waals surface area (Å²) in [7, 11) is -3.63. The van der Waals surface area contributed by atoms with Crippen LogP contribution in [0.1, 0.15) is 11.1 Å². The van der Waals surface area contributed by atoms with Crippen LogP contribution in [0.3, 0.4) is 0 Å². The van der Waals surface area contributed by atoms with Gasteiger partial charge in [-0.15, -0.1) is 0 Å². The Kier molecular flexibility index (Phi) is 3.35. The van der Waals surface area contributed by atoms with Gasteiger partial charge in [0.1, 0.15) is 10.7 Å². The van der Waals surface area contributed by atoms with Crippen molar-refractivity contribution in [1.29, 1.82) is 0 Å². The third-order valence-corrected chi connectivity index (χ3v) is 4.06. The molecule has 2 rings (SSSR count). The van der Waals surface area contributed by atoms with Crippen molar-refractivity contribution in [1.82, 2.24) is 14.9 Å². The van der Waals surface area contributed by atoms with E-state index in [1.165, 1.54) is 6.20 Å². The molecule has 4 N–H and O–H groups in total. The van der Waals surface area contributed by atoms with Crippen LogP contribution in [0.25, 0.3) is 0 Å². The van der Waals surface area contributed by atoms with Crippen molar-refractivity contribution >= 4 is 15.8 Å². The lowest BCUT2D eigenvalue weighted by Gasteiger charge is -2.07. The Morgan fingerprint density at radius 1 is 1.39 bits per heavy atom. The lowest BCUT2D eigenvalue weighted by atomic mass is 10.1. The molecule has 0 saturated heterocycles. The number of nitrogen functional groups attached to an aromatic ring is 1. The minimum Gasteiger partial charge on any atom is -0.383 e. The highest BCUT2D eigenvalue weighted by atomic mass is 32.2. The summed E-state index contributed by atoms with van der Waals surface area (Å²) in [6.07, 6.45) is 1.19. The van der Waals surface area contributed by atoms with Crippen LogP contribution in [0.15, 0.2) is 35.4 Å². The van der Waals surface area contributed by atoms with Crippen molar-refractivity contribution in [3.63, 3.8) is 0 Å². The first kappa shape index (κ1) is 12.6. The van der Waals surface area contributed by atoms with Gasteiger partial charge in [-0.05, 0) is 18.1 Å². The molecular weight excluding hydrogens is 252 g/mol. The topological polar surface area (TPSA) is 101 Å². The van der Waals surface area contributed by atoms with Crippen molar-refractivity contribution < 1.29 is 8.42 Å². The van der Waals surface area contributed by atoms with Crippen LogP contribution in [-0.2, 0) is 16.6 Å². The average molecular weight is 266 g/mol. The van der Waals surface area contributed by atoms with Crippen molar-refractivity contribution in [2.75, 3.05) is 5.73 Å². The van der Waals surface area contributed by atoms with Crippen LogP contribution in [0.5, 0.6) is 0 Å². The highest BCUT2D eigenvalue weighted by Crippen LogP contribution is 2.15. The smallest absolute Gasteiger partial charge is 0.246 e. The van der Waals surface area contributed by atoms with E-state index < -0.39 is 10.0 Å². The Bertz CT molecular complexity index is 649. The highest BCUT2D eigenvalue weighted by molar-refractivity contribution is 7.89. The summed E-state index contributed by atoms with van der Waals surface area (Å²) in [4.78, 5) is -0.0314. The number of hydrogen-bond acceptors (Lipinski definition) is 4. The number of aromatic nitrogens is 2. The number of hydrogen-bond donors (Lipinski definition) is 3. The first-order valence-corrected chi connectivity index (χ1v) is 6.82. The second kappa shape index (κ2) is 4.79. The highest BCUT2D eigenvalue weighted by Gasteiger charge is 2.18. The van der Waals surface area contributed by atoms with Crippen LogP contribution in [0.4, 0.5) is 5.82 Å². The summed E-state index contributed by atoms with van der Waals surface area (Å²) in [5.74, 6) is 0.0345. The van der Waals surface area contributed by atoms with E-state index in [1.54, 1.807) is 0 Å². The number of nitrogens with one attached hydrogen (secondary N) is 2. The number of benzene rings is 1. The van der Waals surface area contributed by atoms with E-state index >= 15 is 0 Å². The predicted molar refractivity (Wildman–Crippen MR) is 68.2 cm³/mol. The van der Waals surface area contributed by atoms with E-state index in [1.807, 2.05) is 31.2 Å². The Morgan fingerprint density at radius 2 is 2.11 bits per heavy atom. The minimum absolute atomic E-state index is 0.0314. The number of nitrogens with two attached hydrogens (primary N) is 1. The molecule has 0 amide bonds. The van der Waals surface area contributed by atoms with Crippen molar-refractivity contribution in [3.8, 4) is 0 Å². The molecule has 0 aliphatic carbocycles. The summed E-state index contributed by atoms with van der Waals surface area (Å²) in [6, 6.07) is 7.57. The minimum atomic E-state index is -3.63. The third kappa shape index (κ3) is 2.52. The van der Waals surface area contributed by atoms with Crippen LogP contribution in [0.2, 0.25) is 0 Å². The molecule has 0 unspecified atom stereocenters. The molecule has 1 aromatic carbocycles. The monoisotopic (exact) mass is 266 g/mol. The second-order valence-corrected chi connectivity index (χ2v) is 5.63. The number of H-pyrrole nitrogens is 1. The van der Waals surface area contributed by atoms with Gasteiger partial charge < -0.3 is 5.73 Å². The Hall–Kier alpha value is -1.86. The summed E-state index contributed by atoms with van der Waals surface area (Å²) < 4.78 is 26.4. The van der Waals surface area contributed by atoms with Crippen molar-refractivity contribution in [2.24, 2.45) is 0 Å². The molecule has 0 radical (unpaired) electrons. The molecular formula is C11H14N4O2S. The first-order chi connectivity index (χ1) is 8.50. The fraction of sp³-hybridized carbons (Fsp3) is 0.182. The molecule has 0 atom stereocenters. The molecule has 6 nitrogen and oxygen atoms in total. The molecule has 0 aliphatic heterocycles. The molecule has 0 aliphatic rings. The number of aryl methyl sites for hydroxylation is 1. The van der Waals surface area contributed by atoms with Crippen LogP contribution >= 0.6 is 0 Å². The van der Waals surface area contributed by atoms with E-state index in [0.717, 1.165) is 11.1 Å². The second-order valence-electron chi connectivity index (χ2n) is 3.90. The Balaban J connectivity index is 2.16. The van der Waals surface area contributed by atoms with E-state index in [9.17, 15) is 8.42 Å². The number of nitrogens with zero attached hydrogens (tertiary/aromatic N) is 1. The normalized spacial score (nSPS) is 11.6. The maximum absolute atomic E-state index is 11.9. The molecule has 2 aromatic rings. The van der Waals surface area contributed by atoms with Crippen LogP contribution in [-0.4, -0.2) is 18.6 Å². The van der Waals surface area contributed by atoms with Gasteiger partial charge in [-0.2, -0.15) is 5.10 Å². The molecule has 1 heterocycles. The number of rotatable bonds is 4. The maximum Gasteiger partial charge on any atom is 0.246 e. The summed E-state index contributed by atoms with van der Waals surface area (Å²) in [5.41, 5.74) is 7.44. The molecule has 18 heavy (non-hydrogen) atoms. The molecule has 0 spiro atoms. The lowest BCUT2D eigenvalue weighted by Crippen LogP contribution is -2.24. The van der Waals surface area contributed by atoms with Crippen LogP contribution in [0, 0.1) is 6.92 Å². The number of sulfonamides is 1. The summed E-state index contributed by atoms with van der Waals surface area (Å²) >= 11 is 0. The lowest BCUT2D eigenvalue weighted by molar-refractivity contribution is 0.581. The Labute approximate surface area is 105 Å². The van der Waals surface area contributed by atoms with E-state index in [0.29, 0.717) is 0 Å². The van der Waals surface area contributed by atoms with Crippen molar-refractivity contribution in [2.45, 2.75) is 18.4 Å². The van der Waals surface area contributed by atoms with Gasteiger partial charge in [0.25, 0.3) is 0 Å². The van der Waals surface area contributed by atoms with Gasteiger partial charge >= 0.3 is 0 Å². The van der Waals surface area contributed by atoms with Gasteiger partial charge in [-0.3, -0.25) is 5.10 Å². The molecule has 7 heteroatoms. The average Bonchev–Trinajstić information content (AvgIpc) is 2.75.